The largest absolute Gasteiger partial charge is 0.573 e. The summed E-state index contributed by atoms with van der Waals surface area (Å²) in [6.45, 7) is 1.50. The molecule has 98 valence electrons. The number of hydrogen-bond acceptors (Lipinski definition) is 4. The SMILES string of the molecule is CCOC(=O)c1cc(C=O)ccc1OC(F)(F)F. The monoisotopic (exact) mass is 262 g/mol. The van der Waals surface area contributed by atoms with Crippen LogP contribution < -0.4 is 4.74 Å². The fourth-order valence-corrected chi connectivity index (χ4v) is 1.20. The van der Waals surface area contributed by atoms with Crippen LogP contribution in [-0.2, 0) is 4.74 Å². The Hall–Kier alpha value is -2.05. The third kappa shape index (κ3) is 3.76. The van der Waals surface area contributed by atoms with Gasteiger partial charge in [0.1, 0.15) is 17.6 Å². The van der Waals surface area contributed by atoms with Crippen LogP contribution in [0.2, 0.25) is 0 Å². The number of ether oxygens (including phenoxy) is 2. The molecule has 0 fully saturated rings. The smallest absolute Gasteiger partial charge is 0.462 e. The Morgan fingerprint density at radius 2 is 2.06 bits per heavy atom. The molecule has 18 heavy (non-hydrogen) atoms. The molecule has 4 nitrogen and oxygen atoms in total. The molecular formula is C11H9F3O4. The van der Waals surface area contributed by atoms with E-state index >= 15 is 0 Å². The molecule has 0 N–H and O–H groups in total. The van der Waals surface area contributed by atoms with Crippen molar-refractivity contribution in [1.82, 2.24) is 0 Å². The van der Waals surface area contributed by atoms with Crippen molar-refractivity contribution < 1.29 is 32.2 Å². The maximum Gasteiger partial charge on any atom is 0.573 e. The van der Waals surface area contributed by atoms with E-state index in [1.807, 2.05) is 0 Å². The Balaban J connectivity index is 3.16. The third-order valence-corrected chi connectivity index (χ3v) is 1.86. The lowest BCUT2D eigenvalue weighted by Crippen LogP contribution is -2.19. The van der Waals surface area contributed by atoms with E-state index < -0.39 is 23.6 Å². The number of carbonyl (C=O) groups is 2. The number of esters is 1. The summed E-state index contributed by atoms with van der Waals surface area (Å²) in [5, 5.41) is 0. The highest BCUT2D eigenvalue weighted by molar-refractivity contribution is 5.94. The molecule has 0 radical (unpaired) electrons. The molecule has 0 spiro atoms. The molecule has 0 aliphatic carbocycles. The standard InChI is InChI=1S/C11H9F3O4/c1-2-17-10(16)8-5-7(6-15)3-4-9(8)18-11(12,13)14/h3-6H,2H2,1H3. The number of halogens is 3. The molecule has 0 heterocycles. The highest BCUT2D eigenvalue weighted by atomic mass is 19.4. The summed E-state index contributed by atoms with van der Waals surface area (Å²) in [6, 6.07) is 2.98. The normalized spacial score (nSPS) is 10.9. The minimum absolute atomic E-state index is 0.00436. The van der Waals surface area contributed by atoms with Crippen molar-refractivity contribution in [2.24, 2.45) is 0 Å². The number of rotatable bonds is 4. The highest BCUT2D eigenvalue weighted by Gasteiger charge is 2.33. The van der Waals surface area contributed by atoms with Crippen molar-refractivity contribution in [1.29, 1.82) is 0 Å². The van der Waals surface area contributed by atoms with Gasteiger partial charge in [-0.2, -0.15) is 0 Å². The molecule has 1 rings (SSSR count). The number of benzene rings is 1. The maximum absolute atomic E-state index is 12.1. The van der Waals surface area contributed by atoms with Gasteiger partial charge in [0.25, 0.3) is 0 Å². The van der Waals surface area contributed by atoms with Crippen LogP contribution in [0, 0.1) is 0 Å². The van der Waals surface area contributed by atoms with E-state index in [-0.39, 0.29) is 12.2 Å². The Bertz CT molecular complexity index is 454. The van der Waals surface area contributed by atoms with Crippen LogP contribution in [0.5, 0.6) is 5.75 Å². The lowest BCUT2D eigenvalue weighted by Gasteiger charge is -2.12. The van der Waals surface area contributed by atoms with Crippen LogP contribution in [0.4, 0.5) is 13.2 Å². The van der Waals surface area contributed by atoms with Crippen LogP contribution >= 0.6 is 0 Å². The van der Waals surface area contributed by atoms with E-state index in [9.17, 15) is 22.8 Å². The fraction of sp³-hybridized carbons (Fsp3) is 0.273. The zero-order chi connectivity index (χ0) is 13.8. The van der Waals surface area contributed by atoms with E-state index in [0.717, 1.165) is 18.2 Å². The van der Waals surface area contributed by atoms with Gasteiger partial charge in [-0.25, -0.2) is 4.79 Å². The van der Waals surface area contributed by atoms with Crippen LogP contribution in [-0.4, -0.2) is 25.2 Å². The Morgan fingerprint density at radius 3 is 2.56 bits per heavy atom. The number of aldehydes is 1. The summed E-state index contributed by atoms with van der Waals surface area (Å²) in [5.41, 5.74) is -0.397. The molecule has 0 aliphatic rings. The second-order valence-corrected chi connectivity index (χ2v) is 3.14. The minimum atomic E-state index is -4.93. The van der Waals surface area contributed by atoms with Gasteiger partial charge in [0.2, 0.25) is 0 Å². The van der Waals surface area contributed by atoms with Crippen molar-refractivity contribution in [3.63, 3.8) is 0 Å². The number of carbonyl (C=O) groups excluding carboxylic acids is 2. The van der Waals surface area contributed by atoms with E-state index in [1.54, 1.807) is 0 Å². The van der Waals surface area contributed by atoms with E-state index in [0.29, 0.717) is 6.29 Å². The summed E-state index contributed by atoms with van der Waals surface area (Å²) in [7, 11) is 0. The van der Waals surface area contributed by atoms with E-state index in [4.69, 9.17) is 0 Å². The molecule has 0 aromatic heterocycles. The average molecular weight is 262 g/mol. The van der Waals surface area contributed by atoms with Gasteiger partial charge in [0, 0.05) is 5.56 Å². The van der Waals surface area contributed by atoms with Crippen LogP contribution in [0.3, 0.4) is 0 Å². The van der Waals surface area contributed by atoms with Crippen molar-refractivity contribution in [2.45, 2.75) is 13.3 Å². The van der Waals surface area contributed by atoms with Crippen molar-refractivity contribution in [3.8, 4) is 5.75 Å². The molecular weight excluding hydrogens is 253 g/mol. The molecule has 0 bridgehead atoms. The first-order valence-corrected chi connectivity index (χ1v) is 4.89. The lowest BCUT2D eigenvalue weighted by atomic mass is 10.1. The van der Waals surface area contributed by atoms with Gasteiger partial charge in [0.05, 0.1) is 6.61 Å². The molecule has 0 aliphatic heterocycles. The first kappa shape index (κ1) is 14.0. The van der Waals surface area contributed by atoms with Gasteiger partial charge in [-0.15, -0.1) is 13.2 Å². The molecule has 0 amide bonds. The van der Waals surface area contributed by atoms with Gasteiger partial charge >= 0.3 is 12.3 Å². The van der Waals surface area contributed by atoms with Crippen LogP contribution in [0.15, 0.2) is 18.2 Å². The Morgan fingerprint density at radius 1 is 1.39 bits per heavy atom. The molecule has 1 aromatic carbocycles. The first-order chi connectivity index (χ1) is 8.37. The summed E-state index contributed by atoms with van der Waals surface area (Å²) in [5.74, 6) is -1.69. The summed E-state index contributed by atoms with van der Waals surface area (Å²) in [4.78, 5) is 22.0. The quantitative estimate of drug-likeness (QED) is 0.618. The molecule has 7 heteroatoms. The predicted octanol–water partition coefficient (Wildman–Crippen LogP) is 2.57. The van der Waals surface area contributed by atoms with Gasteiger partial charge in [-0.1, -0.05) is 0 Å². The molecule has 0 unspecified atom stereocenters. The molecule has 0 atom stereocenters. The predicted molar refractivity (Wildman–Crippen MR) is 54.5 cm³/mol. The van der Waals surface area contributed by atoms with Crippen LogP contribution in [0.25, 0.3) is 0 Å². The van der Waals surface area contributed by atoms with E-state index in [2.05, 4.69) is 9.47 Å². The number of hydrogen-bond donors (Lipinski definition) is 0. The number of alkyl halides is 3. The topological polar surface area (TPSA) is 52.6 Å². The average Bonchev–Trinajstić information content (AvgIpc) is 2.27. The molecule has 0 saturated carbocycles. The zero-order valence-corrected chi connectivity index (χ0v) is 9.28. The highest BCUT2D eigenvalue weighted by Crippen LogP contribution is 2.27. The van der Waals surface area contributed by atoms with Crippen molar-refractivity contribution in [2.75, 3.05) is 6.61 Å². The third-order valence-electron chi connectivity index (χ3n) is 1.86. The van der Waals surface area contributed by atoms with E-state index in [1.165, 1.54) is 6.92 Å². The summed E-state index contributed by atoms with van der Waals surface area (Å²) >= 11 is 0. The fourth-order valence-electron chi connectivity index (χ4n) is 1.20. The molecule has 0 saturated heterocycles. The Kier molecular flexibility index (Phi) is 4.30. The lowest BCUT2D eigenvalue weighted by molar-refractivity contribution is -0.274. The van der Waals surface area contributed by atoms with Crippen LogP contribution in [0.1, 0.15) is 27.6 Å². The second kappa shape index (κ2) is 5.52. The zero-order valence-electron chi connectivity index (χ0n) is 9.28. The van der Waals surface area contributed by atoms with Gasteiger partial charge in [0.15, 0.2) is 0 Å². The van der Waals surface area contributed by atoms with Gasteiger partial charge < -0.3 is 9.47 Å². The van der Waals surface area contributed by atoms with Gasteiger partial charge in [-0.3, -0.25) is 4.79 Å². The maximum atomic E-state index is 12.1. The second-order valence-electron chi connectivity index (χ2n) is 3.14. The van der Waals surface area contributed by atoms with Crippen molar-refractivity contribution >= 4 is 12.3 Å². The summed E-state index contributed by atoms with van der Waals surface area (Å²) < 4.78 is 44.6. The van der Waals surface area contributed by atoms with Gasteiger partial charge in [-0.05, 0) is 25.1 Å². The molecule has 1 aromatic rings. The first-order valence-electron chi connectivity index (χ1n) is 4.89. The Labute approximate surface area is 100 Å². The minimum Gasteiger partial charge on any atom is -0.462 e. The summed E-state index contributed by atoms with van der Waals surface area (Å²) in [6.07, 6.45) is -4.52. The van der Waals surface area contributed by atoms with Crippen molar-refractivity contribution in [3.05, 3.63) is 29.3 Å².